The fraction of sp³-hybridized carbons (Fsp3) is 0.421. The summed E-state index contributed by atoms with van der Waals surface area (Å²) in [6.45, 7) is 1.47. The largest absolute Gasteiger partial charge is 0.468 e. The first-order valence-electron chi connectivity index (χ1n) is 8.87. The Morgan fingerprint density at radius 1 is 1.22 bits per heavy atom. The van der Waals surface area contributed by atoms with E-state index in [2.05, 4.69) is 5.32 Å². The highest BCUT2D eigenvalue weighted by atomic mass is 32.2. The van der Waals surface area contributed by atoms with Crippen molar-refractivity contribution in [2.24, 2.45) is 5.92 Å². The zero-order chi connectivity index (χ0) is 19.3. The lowest BCUT2D eigenvalue weighted by Gasteiger charge is -2.23. The summed E-state index contributed by atoms with van der Waals surface area (Å²) in [6, 6.07) is 10.4. The minimum Gasteiger partial charge on any atom is -0.468 e. The van der Waals surface area contributed by atoms with Crippen LogP contribution in [-0.2, 0) is 27.8 Å². The number of benzene rings is 1. The third kappa shape index (κ3) is 5.18. The predicted octanol–water partition coefficient (Wildman–Crippen LogP) is 2.01. The molecule has 1 saturated heterocycles. The van der Waals surface area contributed by atoms with E-state index < -0.39 is 10.0 Å². The number of nitrogens with one attached hydrogen (secondary N) is 1. The number of carbonyl (C=O) groups excluding carboxylic acids is 1. The molecule has 7 nitrogen and oxygen atoms in total. The van der Waals surface area contributed by atoms with Crippen molar-refractivity contribution in [2.75, 3.05) is 26.0 Å². The smallest absolute Gasteiger partial charge is 0.251 e. The molecule has 0 radical (unpaired) electrons. The molecule has 0 spiro atoms. The Bertz CT molecular complexity index is 841. The van der Waals surface area contributed by atoms with Gasteiger partial charge >= 0.3 is 0 Å². The van der Waals surface area contributed by atoms with E-state index in [0.29, 0.717) is 24.5 Å². The fourth-order valence-corrected chi connectivity index (χ4v) is 4.80. The Labute approximate surface area is 159 Å². The van der Waals surface area contributed by atoms with Gasteiger partial charge in [0.1, 0.15) is 5.76 Å². The molecule has 8 heteroatoms. The number of nitrogens with zero attached hydrogens (tertiary/aromatic N) is 1. The summed E-state index contributed by atoms with van der Waals surface area (Å²) in [4.78, 5) is 11.7. The number of hydrogen-bond acceptors (Lipinski definition) is 5. The summed E-state index contributed by atoms with van der Waals surface area (Å²) in [6.07, 6.45) is 2.29. The Morgan fingerprint density at radius 3 is 2.59 bits per heavy atom. The molecule has 2 heterocycles. The molecule has 3 rings (SSSR count). The zero-order valence-corrected chi connectivity index (χ0v) is 16.1. The first-order chi connectivity index (χ1) is 13.0. The highest BCUT2D eigenvalue weighted by Gasteiger charge is 2.29. The van der Waals surface area contributed by atoms with Gasteiger partial charge in [0, 0.05) is 25.8 Å². The van der Waals surface area contributed by atoms with Crippen molar-refractivity contribution in [2.45, 2.75) is 19.5 Å². The van der Waals surface area contributed by atoms with Gasteiger partial charge in [-0.3, -0.25) is 4.79 Å². The molecular weight excluding hydrogens is 368 g/mol. The lowest BCUT2D eigenvalue weighted by Crippen LogP contribution is -2.34. The molecule has 0 aliphatic carbocycles. The van der Waals surface area contributed by atoms with Gasteiger partial charge in [-0.2, -0.15) is 4.31 Å². The summed E-state index contributed by atoms with van der Waals surface area (Å²) in [5, 5.41) is 2.57. The quantitative estimate of drug-likeness (QED) is 0.742. The number of hydrogen-bond donors (Lipinski definition) is 1. The van der Waals surface area contributed by atoms with Crippen LogP contribution < -0.4 is 5.32 Å². The number of rotatable bonds is 8. The second-order valence-corrected chi connectivity index (χ2v) is 8.65. The van der Waals surface area contributed by atoms with Crippen LogP contribution in [0.5, 0.6) is 0 Å². The number of carbonyl (C=O) groups is 1. The van der Waals surface area contributed by atoms with Gasteiger partial charge in [0.25, 0.3) is 5.91 Å². The van der Waals surface area contributed by atoms with E-state index in [1.54, 1.807) is 43.4 Å². The van der Waals surface area contributed by atoms with Crippen molar-refractivity contribution < 1.29 is 22.4 Å². The van der Waals surface area contributed by atoms with Crippen LogP contribution in [0, 0.1) is 5.92 Å². The topological polar surface area (TPSA) is 88.9 Å². The van der Waals surface area contributed by atoms with Gasteiger partial charge in [0.15, 0.2) is 0 Å². The average Bonchev–Trinajstić information content (AvgIpc) is 3.35. The molecule has 27 heavy (non-hydrogen) atoms. The molecule has 1 N–H and O–H groups in total. The van der Waals surface area contributed by atoms with E-state index >= 15 is 0 Å². The molecule has 1 amide bonds. The maximum atomic E-state index is 13.0. The van der Waals surface area contributed by atoms with E-state index in [1.807, 2.05) is 0 Å². The number of furan rings is 1. The van der Waals surface area contributed by atoms with E-state index in [9.17, 15) is 13.2 Å². The van der Waals surface area contributed by atoms with Crippen LogP contribution in [0.15, 0.2) is 47.1 Å². The zero-order valence-electron chi connectivity index (χ0n) is 15.3. The van der Waals surface area contributed by atoms with Gasteiger partial charge in [-0.1, -0.05) is 12.1 Å². The monoisotopic (exact) mass is 392 g/mol. The van der Waals surface area contributed by atoms with Gasteiger partial charge in [-0.25, -0.2) is 8.42 Å². The summed E-state index contributed by atoms with van der Waals surface area (Å²) in [5.74, 6) is 0.486. The second-order valence-electron chi connectivity index (χ2n) is 6.63. The molecule has 1 aliphatic rings. The van der Waals surface area contributed by atoms with E-state index in [0.717, 1.165) is 12.0 Å². The summed E-state index contributed by atoms with van der Waals surface area (Å²) in [5.41, 5.74) is 1.34. The van der Waals surface area contributed by atoms with Crippen LogP contribution in [-0.4, -0.2) is 44.6 Å². The minimum absolute atomic E-state index is 0.0183. The van der Waals surface area contributed by atoms with Crippen molar-refractivity contribution in [3.63, 3.8) is 0 Å². The van der Waals surface area contributed by atoms with Gasteiger partial charge < -0.3 is 14.5 Å². The van der Waals surface area contributed by atoms with Gasteiger partial charge in [0.05, 0.1) is 25.2 Å². The first kappa shape index (κ1) is 19.6. The molecule has 1 aliphatic heterocycles. The van der Waals surface area contributed by atoms with Gasteiger partial charge in [-0.15, -0.1) is 0 Å². The summed E-state index contributed by atoms with van der Waals surface area (Å²) >= 11 is 0. The lowest BCUT2D eigenvalue weighted by atomic mass is 10.1. The van der Waals surface area contributed by atoms with E-state index in [1.165, 1.54) is 10.6 Å². The molecule has 1 atom stereocenters. The Hall–Kier alpha value is -2.16. The van der Waals surface area contributed by atoms with Crippen LogP contribution in [0.25, 0.3) is 0 Å². The highest BCUT2D eigenvalue weighted by Crippen LogP contribution is 2.21. The predicted molar refractivity (Wildman–Crippen MR) is 101 cm³/mol. The highest BCUT2D eigenvalue weighted by molar-refractivity contribution is 7.89. The number of amides is 1. The van der Waals surface area contributed by atoms with Crippen molar-refractivity contribution in [1.29, 1.82) is 0 Å². The van der Waals surface area contributed by atoms with Crippen molar-refractivity contribution >= 4 is 15.9 Å². The SMILES string of the molecule is CNC(=O)c1ccc(CN(Cc2ccco2)S(=O)(=O)CC2CCOC2)cc1. The van der Waals surface area contributed by atoms with E-state index in [-0.39, 0.29) is 30.7 Å². The van der Waals surface area contributed by atoms with Crippen molar-refractivity contribution in [3.8, 4) is 0 Å². The average molecular weight is 392 g/mol. The Kier molecular flexibility index (Phi) is 6.30. The number of ether oxygens (including phenoxy) is 1. The summed E-state index contributed by atoms with van der Waals surface area (Å²) < 4.78 is 38.1. The molecule has 1 aromatic carbocycles. The maximum Gasteiger partial charge on any atom is 0.251 e. The normalized spacial score (nSPS) is 17.3. The standard InChI is InChI=1S/C19H24N2O5S/c1-20-19(22)17-6-4-15(5-7-17)11-21(12-18-3-2-9-26-18)27(23,24)14-16-8-10-25-13-16/h2-7,9,16H,8,10-14H2,1H3,(H,20,22). The van der Waals surface area contributed by atoms with Crippen LogP contribution >= 0.6 is 0 Å². The molecular formula is C19H24N2O5S. The molecule has 1 unspecified atom stereocenters. The van der Waals surface area contributed by atoms with Gasteiger partial charge in [0.2, 0.25) is 10.0 Å². The van der Waals surface area contributed by atoms with Crippen molar-refractivity contribution in [1.82, 2.24) is 9.62 Å². The van der Waals surface area contributed by atoms with Gasteiger partial charge in [-0.05, 0) is 42.2 Å². The molecule has 146 valence electrons. The second kappa shape index (κ2) is 8.69. The van der Waals surface area contributed by atoms with Crippen LogP contribution in [0.4, 0.5) is 0 Å². The Balaban J connectivity index is 1.77. The Morgan fingerprint density at radius 2 is 2.00 bits per heavy atom. The van der Waals surface area contributed by atoms with Crippen LogP contribution in [0.3, 0.4) is 0 Å². The molecule has 0 bridgehead atoms. The number of sulfonamides is 1. The van der Waals surface area contributed by atoms with E-state index in [4.69, 9.17) is 9.15 Å². The first-order valence-corrected chi connectivity index (χ1v) is 10.5. The fourth-order valence-electron chi connectivity index (χ4n) is 3.06. The third-order valence-electron chi connectivity index (χ3n) is 4.58. The molecule has 0 saturated carbocycles. The summed E-state index contributed by atoms with van der Waals surface area (Å²) in [7, 11) is -1.93. The lowest BCUT2D eigenvalue weighted by molar-refractivity contribution is 0.0963. The van der Waals surface area contributed by atoms with Crippen LogP contribution in [0.1, 0.15) is 28.1 Å². The minimum atomic E-state index is -3.50. The third-order valence-corrected chi connectivity index (χ3v) is 6.52. The molecule has 1 fully saturated rings. The van der Waals surface area contributed by atoms with Crippen molar-refractivity contribution in [3.05, 3.63) is 59.5 Å². The maximum absolute atomic E-state index is 13.0. The van der Waals surface area contributed by atoms with Crippen LogP contribution in [0.2, 0.25) is 0 Å². The molecule has 2 aromatic rings. The molecule has 1 aromatic heterocycles.